The normalized spacial score (nSPS) is 12.1. The van der Waals surface area contributed by atoms with E-state index in [2.05, 4.69) is 23.9 Å². The number of rotatable bonds is 18. The Morgan fingerprint density at radius 2 is 1.40 bits per heavy atom. The van der Waals surface area contributed by atoms with Crippen molar-refractivity contribution in [3.05, 3.63) is 0 Å². The molecule has 0 aliphatic rings. The summed E-state index contributed by atoms with van der Waals surface area (Å²) in [4.78, 5) is 22.8. The summed E-state index contributed by atoms with van der Waals surface area (Å²) in [5.41, 5.74) is 0. The van der Waals surface area contributed by atoms with E-state index in [4.69, 9.17) is 4.74 Å². The van der Waals surface area contributed by atoms with Gasteiger partial charge in [-0.1, -0.05) is 39.0 Å². The van der Waals surface area contributed by atoms with E-state index in [0.29, 0.717) is 12.4 Å². The number of unbranched alkanes of at least 4 members (excludes halogenated alkanes) is 11. The Hall–Kier alpha value is -0.0305. The number of esters is 1. The molecule has 6 heteroatoms. The fourth-order valence-corrected chi connectivity index (χ4v) is 4.07. The van der Waals surface area contributed by atoms with E-state index in [1.807, 2.05) is 0 Å². The van der Waals surface area contributed by atoms with Crippen molar-refractivity contribution in [1.82, 2.24) is 4.33 Å². The molecular weight excluding hydrogens is 401 g/mol. The summed E-state index contributed by atoms with van der Waals surface area (Å²) < 4.78 is 8.26. The van der Waals surface area contributed by atoms with Crippen LogP contribution in [0.4, 0.5) is 0 Å². The second kappa shape index (κ2) is 18.8. The maximum atomic E-state index is 11.9. The fourth-order valence-electron chi connectivity index (χ4n) is 2.53. The van der Waals surface area contributed by atoms with E-state index in [-0.39, 0.29) is 25.8 Å². The number of carbonyl (C=O) groups is 2. The van der Waals surface area contributed by atoms with Gasteiger partial charge in [0.1, 0.15) is 0 Å². The number of nitrogens with one attached hydrogen (secondary N) is 1. The Morgan fingerprint density at radius 3 is 1.84 bits per heavy atom. The summed E-state index contributed by atoms with van der Waals surface area (Å²) in [6.45, 7) is 4.24. The van der Waals surface area contributed by atoms with Gasteiger partial charge in [0.05, 0.1) is 0 Å². The van der Waals surface area contributed by atoms with E-state index in [0.717, 1.165) is 12.8 Å². The van der Waals surface area contributed by atoms with Gasteiger partial charge in [0.15, 0.2) is 0 Å². The second-order valence-corrected chi connectivity index (χ2v) is 9.00. The van der Waals surface area contributed by atoms with Gasteiger partial charge in [-0.15, -0.1) is 0 Å². The van der Waals surface area contributed by atoms with Crippen molar-refractivity contribution >= 4 is 38.5 Å². The van der Waals surface area contributed by atoms with E-state index in [1.54, 1.807) is 0 Å². The van der Waals surface area contributed by atoms with Gasteiger partial charge < -0.3 is 0 Å². The van der Waals surface area contributed by atoms with Crippen LogP contribution < -0.4 is 4.33 Å². The first kappa shape index (κ1) is 25.0. The molecule has 0 bridgehead atoms. The average molecular weight is 439 g/mol. The first-order valence-electron chi connectivity index (χ1n) is 9.82. The molecule has 1 N–H and O–H groups in total. The molecule has 0 aromatic rings. The zero-order valence-electron chi connectivity index (χ0n) is 16.1. The molecule has 0 radical (unpaired) electrons. The molecule has 148 valence electrons. The molecule has 0 saturated carbocycles. The van der Waals surface area contributed by atoms with Crippen LogP contribution in [0.3, 0.4) is 0 Å². The molecule has 0 aromatic carbocycles. The van der Waals surface area contributed by atoms with Crippen LogP contribution in [-0.2, 0) is 14.3 Å². The van der Waals surface area contributed by atoms with Crippen molar-refractivity contribution < 1.29 is 14.3 Å². The molecule has 0 aromatic heterocycles. The van der Waals surface area contributed by atoms with Crippen LogP contribution in [0, 0.1) is 0 Å². The van der Waals surface area contributed by atoms with Crippen LogP contribution in [0.2, 0.25) is 0 Å². The average Bonchev–Trinajstić information content (AvgIpc) is 2.59. The quantitative estimate of drug-likeness (QED) is 0.145. The van der Waals surface area contributed by atoms with Gasteiger partial charge in [0.2, 0.25) is 0 Å². The van der Waals surface area contributed by atoms with Crippen LogP contribution in [0.25, 0.3) is 0 Å². The Balaban J connectivity index is 3.39. The standard InChI is InChI=1S/C19H37NO3SSe/c1-3-4-5-6-7-8-9-10-11-12-13-14-15-23-19(22)18(16-24)20-25-17(2)21/h18,20,24H,3-16H2,1-2H3/t18-/m0/s1. The zero-order chi connectivity index (χ0) is 18.8. The molecule has 0 saturated heterocycles. The molecule has 1 atom stereocenters. The minimum absolute atomic E-state index is 0.0630. The van der Waals surface area contributed by atoms with Crippen molar-refractivity contribution in [2.24, 2.45) is 0 Å². The monoisotopic (exact) mass is 439 g/mol. The molecule has 0 amide bonds. The number of hydrogen-bond donors (Lipinski definition) is 2. The molecule has 0 spiro atoms. The molecule has 0 fully saturated rings. The molecule has 0 aliphatic heterocycles. The summed E-state index contributed by atoms with van der Waals surface area (Å²) >= 11 is 3.76. The van der Waals surface area contributed by atoms with Crippen molar-refractivity contribution in [1.29, 1.82) is 0 Å². The van der Waals surface area contributed by atoms with Gasteiger partial charge in [0, 0.05) is 0 Å². The van der Waals surface area contributed by atoms with Gasteiger partial charge >= 0.3 is 127 Å². The maximum absolute atomic E-state index is 11.9. The summed E-state index contributed by atoms with van der Waals surface area (Å²) in [7, 11) is 0. The van der Waals surface area contributed by atoms with Crippen LogP contribution in [-0.4, -0.2) is 44.2 Å². The predicted octanol–water partition coefficient (Wildman–Crippen LogP) is 4.28. The van der Waals surface area contributed by atoms with Gasteiger partial charge in [-0.2, -0.15) is 0 Å². The van der Waals surface area contributed by atoms with Crippen molar-refractivity contribution in [3.8, 4) is 0 Å². The second-order valence-electron chi connectivity index (χ2n) is 6.50. The minimum atomic E-state index is -0.468. The molecule has 25 heavy (non-hydrogen) atoms. The van der Waals surface area contributed by atoms with Gasteiger partial charge in [0.25, 0.3) is 0 Å². The van der Waals surface area contributed by atoms with Crippen LogP contribution in [0.1, 0.15) is 90.9 Å². The van der Waals surface area contributed by atoms with Gasteiger partial charge in [-0.05, 0) is 0 Å². The Labute approximate surface area is 166 Å². The van der Waals surface area contributed by atoms with Gasteiger partial charge in [-0.25, -0.2) is 0 Å². The number of hydrogen-bond acceptors (Lipinski definition) is 5. The van der Waals surface area contributed by atoms with Crippen molar-refractivity contribution in [2.75, 3.05) is 12.4 Å². The van der Waals surface area contributed by atoms with Crippen LogP contribution >= 0.6 is 12.6 Å². The Bertz CT molecular complexity index is 343. The summed E-state index contributed by atoms with van der Waals surface area (Å²) in [6.07, 6.45) is 15.5. The number of carbonyl (C=O) groups excluding carboxylic acids is 2. The summed E-state index contributed by atoms with van der Waals surface area (Å²) in [6, 6.07) is -0.468. The topological polar surface area (TPSA) is 55.4 Å². The first-order chi connectivity index (χ1) is 12.1. The molecule has 0 rings (SSSR count). The van der Waals surface area contributed by atoms with E-state index < -0.39 is 6.04 Å². The SMILES string of the molecule is CCCCCCCCCCCCCCOC(=O)[C@H](CS)N[Se]C(C)=O. The van der Waals surface area contributed by atoms with Crippen LogP contribution in [0.5, 0.6) is 0 Å². The predicted molar refractivity (Wildman–Crippen MR) is 109 cm³/mol. The number of thiol groups is 1. The van der Waals surface area contributed by atoms with Crippen molar-refractivity contribution in [2.45, 2.75) is 96.9 Å². The third-order valence-corrected chi connectivity index (χ3v) is 5.87. The van der Waals surface area contributed by atoms with Crippen molar-refractivity contribution in [3.63, 3.8) is 0 Å². The van der Waals surface area contributed by atoms with E-state index >= 15 is 0 Å². The fraction of sp³-hybridized carbons (Fsp3) is 0.895. The molecular formula is C19H37NO3SSe. The number of ether oxygens (including phenoxy) is 1. The Kier molecular flexibility index (Phi) is 18.7. The summed E-state index contributed by atoms with van der Waals surface area (Å²) in [5, 5.41) is 0. The third kappa shape index (κ3) is 17.2. The van der Waals surface area contributed by atoms with Crippen LogP contribution in [0.15, 0.2) is 0 Å². The van der Waals surface area contributed by atoms with Gasteiger partial charge in [-0.3, -0.25) is 0 Å². The van der Waals surface area contributed by atoms with E-state index in [9.17, 15) is 9.59 Å². The molecule has 0 aliphatic carbocycles. The molecule has 0 unspecified atom stereocenters. The van der Waals surface area contributed by atoms with E-state index in [1.165, 1.54) is 71.1 Å². The third-order valence-electron chi connectivity index (χ3n) is 4.05. The molecule has 4 nitrogen and oxygen atoms in total. The first-order valence-corrected chi connectivity index (χ1v) is 12.2. The molecule has 0 heterocycles. The summed E-state index contributed by atoms with van der Waals surface area (Å²) in [5.74, 6) is 0.0629. The Morgan fingerprint density at radius 1 is 0.920 bits per heavy atom. The zero-order valence-corrected chi connectivity index (χ0v) is 18.7.